The quantitative estimate of drug-likeness (QED) is 0.547. The van der Waals surface area contributed by atoms with Crippen LogP contribution in [0.5, 0.6) is 11.5 Å². The molecule has 0 bridgehead atoms. The van der Waals surface area contributed by atoms with Gasteiger partial charge in [0.2, 0.25) is 0 Å². The Bertz CT molecular complexity index is 549. The predicted molar refractivity (Wildman–Crippen MR) is 104 cm³/mol. The van der Waals surface area contributed by atoms with Gasteiger partial charge in [-0.2, -0.15) is 0 Å². The van der Waals surface area contributed by atoms with Crippen molar-refractivity contribution in [3.8, 4) is 11.5 Å². The van der Waals surface area contributed by atoms with E-state index in [2.05, 4.69) is 6.92 Å². The first-order chi connectivity index (χ1) is 12.6. The van der Waals surface area contributed by atoms with E-state index in [0.29, 0.717) is 25.0 Å². The maximum Gasteiger partial charge on any atom is 0.161 e. The van der Waals surface area contributed by atoms with Gasteiger partial charge in [-0.3, -0.25) is 4.79 Å². The maximum atomic E-state index is 12.1. The molecule has 1 fully saturated rings. The highest BCUT2D eigenvalue weighted by atomic mass is 16.5. The number of aryl methyl sites for hydroxylation is 1. The Hall–Kier alpha value is -1.55. The van der Waals surface area contributed by atoms with E-state index in [0.717, 1.165) is 37.7 Å². The average molecular weight is 363 g/mol. The number of hydrogen-bond donors (Lipinski definition) is 2. The summed E-state index contributed by atoms with van der Waals surface area (Å²) in [5.74, 6) is 0.787. The molecule has 0 radical (unpaired) electrons. The average Bonchev–Trinajstić information content (AvgIpc) is 2.63. The molecule has 0 saturated heterocycles. The van der Waals surface area contributed by atoms with E-state index < -0.39 is 6.10 Å². The van der Waals surface area contributed by atoms with E-state index in [4.69, 9.17) is 4.74 Å². The standard InChI is InChI=1S/C22H34O4/c1-2-3-5-8-18(23)16-19(24)13-11-17-12-14-21(25)22(15-17)26-20-9-6-4-7-10-20/h12,14-15,18,20,23,25H,2-11,13,16H2,1H3. The van der Waals surface area contributed by atoms with Crippen LogP contribution in [0.15, 0.2) is 18.2 Å². The second-order valence-corrected chi connectivity index (χ2v) is 7.57. The van der Waals surface area contributed by atoms with Crippen LogP contribution in [-0.2, 0) is 11.2 Å². The van der Waals surface area contributed by atoms with Crippen LogP contribution in [0.2, 0.25) is 0 Å². The summed E-state index contributed by atoms with van der Waals surface area (Å²) in [5, 5.41) is 20.0. The molecule has 4 nitrogen and oxygen atoms in total. The van der Waals surface area contributed by atoms with Crippen molar-refractivity contribution in [3.63, 3.8) is 0 Å². The fourth-order valence-electron chi connectivity index (χ4n) is 3.55. The molecule has 2 rings (SSSR count). The Morgan fingerprint density at radius 1 is 1.23 bits per heavy atom. The lowest BCUT2D eigenvalue weighted by atomic mass is 9.97. The van der Waals surface area contributed by atoms with Gasteiger partial charge in [0.1, 0.15) is 5.78 Å². The molecule has 1 atom stereocenters. The minimum atomic E-state index is -0.515. The molecule has 1 aliphatic rings. The minimum absolute atomic E-state index is 0.0943. The normalized spacial score (nSPS) is 16.4. The highest BCUT2D eigenvalue weighted by Crippen LogP contribution is 2.31. The molecule has 1 saturated carbocycles. The zero-order valence-corrected chi connectivity index (χ0v) is 16.1. The fourth-order valence-corrected chi connectivity index (χ4v) is 3.55. The van der Waals surface area contributed by atoms with Crippen molar-refractivity contribution in [1.29, 1.82) is 0 Å². The molecule has 0 aliphatic heterocycles. The van der Waals surface area contributed by atoms with E-state index in [1.807, 2.05) is 12.1 Å². The number of carbonyl (C=O) groups excluding carboxylic acids is 1. The van der Waals surface area contributed by atoms with Crippen molar-refractivity contribution in [1.82, 2.24) is 0 Å². The molecule has 0 amide bonds. The van der Waals surface area contributed by atoms with E-state index in [1.54, 1.807) is 6.07 Å². The van der Waals surface area contributed by atoms with E-state index in [-0.39, 0.29) is 24.1 Å². The van der Waals surface area contributed by atoms with Crippen molar-refractivity contribution < 1.29 is 19.7 Å². The van der Waals surface area contributed by atoms with Gasteiger partial charge in [0.15, 0.2) is 11.5 Å². The van der Waals surface area contributed by atoms with E-state index >= 15 is 0 Å². The Kier molecular flexibility index (Phi) is 8.96. The van der Waals surface area contributed by atoms with Crippen LogP contribution in [0.1, 0.15) is 83.1 Å². The summed E-state index contributed by atoms with van der Waals surface area (Å²) in [5.41, 5.74) is 0.988. The third kappa shape index (κ3) is 7.36. The molecule has 0 heterocycles. The first kappa shape index (κ1) is 20.8. The lowest BCUT2D eigenvalue weighted by Crippen LogP contribution is -2.19. The maximum absolute atomic E-state index is 12.1. The molecule has 0 spiro atoms. The highest BCUT2D eigenvalue weighted by molar-refractivity contribution is 5.79. The van der Waals surface area contributed by atoms with Gasteiger partial charge >= 0.3 is 0 Å². The van der Waals surface area contributed by atoms with Crippen LogP contribution in [-0.4, -0.2) is 28.2 Å². The van der Waals surface area contributed by atoms with Crippen molar-refractivity contribution in [2.75, 3.05) is 0 Å². The predicted octanol–water partition coefficient (Wildman–Crippen LogP) is 4.94. The van der Waals surface area contributed by atoms with Gasteiger partial charge in [0.05, 0.1) is 12.2 Å². The summed E-state index contributed by atoms with van der Waals surface area (Å²) in [7, 11) is 0. The summed E-state index contributed by atoms with van der Waals surface area (Å²) in [6.07, 6.45) is 10.5. The first-order valence-corrected chi connectivity index (χ1v) is 10.3. The highest BCUT2D eigenvalue weighted by Gasteiger charge is 2.17. The van der Waals surface area contributed by atoms with Gasteiger partial charge in [-0.1, -0.05) is 38.7 Å². The SMILES string of the molecule is CCCCCC(O)CC(=O)CCc1ccc(O)c(OC2CCCCC2)c1. The topological polar surface area (TPSA) is 66.8 Å². The Balaban J connectivity index is 1.79. The number of benzene rings is 1. The molecule has 1 aliphatic carbocycles. The molecule has 1 unspecified atom stereocenters. The van der Waals surface area contributed by atoms with Crippen LogP contribution in [0.25, 0.3) is 0 Å². The second kappa shape index (κ2) is 11.2. The van der Waals surface area contributed by atoms with Crippen LogP contribution in [0.4, 0.5) is 0 Å². The molecule has 4 heteroatoms. The van der Waals surface area contributed by atoms with Crippen molar-refractivity contribution in [2.45, 2.75) is 96.2 Å². The summed E-state index contributed by atoms with van der Waals surface area (Å²) in [4.78, 5) is 12.1. The first-order valence-electron chi connectivity index (χ1n) is 10.3. The van der Waals surface area contributed by atoms with Gasteiger partial charge in [-0.15, -0.1) is 0 Å². The lowest BCUT2D eigenvalue weighted by molar-refractivity contribution is -0.121. The summed E-state index contributed by atoms with van der Waals surface area (Å²) in [6, 6.07) is 5.35. The van der Waals surface area contributed by atoms with Crippen molar-refractivity contribution >= 4 is 5.78 Å². The van der Waals surface area contributed by atoms with E-state index in [9.17, 15) is 15.0 Å². The summed E-state index contributed by atoms with van der Waals surface area (Å²) < 4.78 is 5.98. The number of phenols is 1. The van der Waals surface area contributed by atoms with Crippen LogP contribution < -0.4 is 4.74 Å². The summed E-state index contributed by atoms with van der Waals surface area (Å²) in [6.45, 7) is 2.13. The van der Waals surface area contributed by atoms with E-state index in [1.165, 1.54) is 19.3 Å². The minimum Gasteiger partial charge on any atom is -0.504 e. The monoisotopic (exact) mass is 362 g/mol. The number of aliphatic hydroxyl groups is 1. The lowest BCUT2D eigenvalue weighted by Gasteiger charge is -2.23. The number of carbonyl (C=O) groups is 1. The number of rotatable bonds is 11. The largest absolute Gasteiger partial charge is 0.504 e. The van der Waals surface area contributed by atoms with Gasteiger partial charge in [-0.05, 0) is 56.2 Å². The molecule has 2 N–H and O–H groups in total. The second-order valence-electron chi connectivity index (χ2n) is 7.57. The third-order valence-corrected chi connectivity index (χ3v) is 5.17. The molecule has 0 aromatic heterocycles. The number of hydrogen-bond acceptors (Lipinski definition) is 4. The number of aliphatic hydroxyl groups excluding tert-OH is 1. The Labute approximate surface area is 157 Å². The van der Waals surface area contributed by atoms with Crippen molar-refractivity contribution in [2.24, 2.45) is 0 Å². The van der Waals surface area contributed by atoms with Gasteiger partial charge in [-0.25, -0.2) is 0 Å². The summed E-state index contributed by atoms with van der Waals surface area (Å²) >= 11 is 0. The zero-order chi connectivity index (χ0) is 18.8. The fraction of sp³-hybridized carbons (Fsp3) is 0.682. The number of unbranched alkanes of at least 4 members (excludes halogenated alkanes) is 2. The van der Waals surface area contributed by atoms with Crippen molar-refractivity contribution in [3.05, 3.63) is 23.8 Å². The van der Waals surface area contributed by atoms with Gasteiger partial charge < -0.3 is 14.9 Å². The van der Waals surface area contributed by atoms with Crippen LogP contribution in [0.3, 0.4) is 0 Å². The van der Waals surface area contributed by atoms with Gasteiger partial charge in [0, 0.05) is 12.8 Å². The van der Waals surface area contributed by atoms with Crippen LogP contribution in [0, 0.1) is 0 Å². The molecular weight excluding hydrogens is 328 g/mol. The smallest absolute Gasteiger partial charge is 0.161 e. The molecule has 1 aromatic carbocycles. The number of aromatic hydroxyl groups is 1. The molecule has 26 heavy (non-hydrogen) atoms. The third-order valence-electron chi connectivity index (χ3n) is 5.17. The Morgan fingerprint density at radius 2 is 2.00 bits per heavy atom. The zero-order valence-electron chi connectivity index (χ0n) is 16.1. The van der Waals surface area contributed by atoms with Gasteiger partial charge in [0.25, 0.3) is 0 Å². The molecular formula is C22H34O4. The molecule has 1 aromatic rings. The molecule has 146 valence electrons. The number of Topliss-reactive ketones (excluding diaryl/α,β-unsaturated/α-hetero) is 1. The number of phenolic OH excluding ortho intramolecular Hbond substituents is 1. The number of ketones is 1. The number of ether oxygens (including phenoxy) is 1. The Morgan fingerprint density at radius 3 is 2.73 bits per heavy atom. The van der Waals surface area contributed by atoms with Crippen LogP contribution >= 0.6 is 0 Å².